The van der Waals surface area contributed by atoms with Gasteiger partial charge in [-0.3, -0.25) is 9.69 Å². The molecule has 1 fully saturated rings. The highest BCUT2D eigenvalue weighted by atomic mass is 32.1. The van der Waals surface area contributed by atoms with Gasteiger partial charge in [0.15, 0.2) is 5.76 Å². The fourth-order valence-electron chi connectivity index (χ4n) is 5.08. The lowest BCUT2D eigenvalue weighted by molar-refractivity contribution is -0.137. The van der Waals surface area contributed by atoms with Crippen LogP contribution in [-0.2, 0) is 24.7 Å². The summed E-state index contributed by atoms with van der Waals surface area (Å²) >= 11 is 1.30. The lowest BCUT2D eigenvalue weighted by Gasteiger charge is -2.44. The Balaban J connectivity index is 1.22. The van der Waals surface area contributed by atoms with Gasteiger partial charge < -0.3 is 9.42 Å². The van der Waals surface area contributed by atoms with Crippen LogP contribution in [0.3, 0.4) is 0 Å². The molecule has 0 radical (unpaired) electrons. The number of carbonyl (C=O) groups excluding carboxylic acids is 1. The first-order valence-corrected chi connectivity index (χ1v) is 14.6. The van der Waals surface area contributed by atoms with Gasteiger partial charge in [0.1, 0.15) is 17.2 Å². The fraction of sp³-hybridized carbons (Fsp3) is 0.483. The number of piperazine rings is 1. The highest BCUT2D eigenvalue weighted by Gasteiger charge is 2.34. The van der Waals surface area contributed by atoms with Crippen LogP contribution in [0.5, 0.6) is 0 Å². The summed E-state index contributed by atoms with van der Waals surface area (Å²) in [5.74, 6) is 0.539. The summed E-state index contributed by atoms with van der Waals surface area (Å²) in [4.78, 5) is 22.9. The molecular formula is C29H34F3N7O2S. The van der Waals surface area contributed by atoms with Gasteiger partial charge in [0.25, 0.3) is 5.91 Å². The number of hydrogen-bond donors (Lipinski definition) is 0. The Morgan fingerprint density at radius 2 is 1.74 bits per heavy atom. The van der Waals surface area contributed by atoms with Crippen LogP contribution in [0.4, 0.5) is 13.2 Å². The molecule has 1 saturated heterocycles. The summed E-state index contributed by atoms with van der Waals surface area (Å²) in [5.41, 5.74) is 1.78. The van der Waals surface area contributed by atoms with Crippen molar-refractivity contribution in [2.75, 3.05) is 13.1 Å². The minimum absolute atomic E-state index is 0.0554. The van der Waals surface area contributed by atoms with Crippen molar-refractivity contribution in [3.8, 4) is 10.6 Å². The predicted octanol–water partition coefficient (Wildman–Crippen LogP) is 5.80. The molecule has 1 aliphatic rings. The second-order valence-corrected chi connectivity index (χ2v) is 13.1. The van der Waals surface area contributed by atoms with Crippen molar-refractivity contribution in [1.82, 2.24) is 34.9 Å². The zero-order valence-electron chi connectivity index (χ0n) is 24.4. The molecule has 1 aromatic carbocycles. The van der Waals surface area contributed by atoms with E-state index in [9.17, 15) is 18.0 Å². The Labute approximate surface area is 246 Å². The Kier molecular flexibility index (Phi) is 8.01. The maximum Gasteiger partial charge on any atom is 0.416 e. The van der Waals surface area contributed by atoms with E-state index < -0.39 is 11.7 Å². The van der Waals surface area contributed by atoms with E-state index in [4.69, 9.17) is 4.52 Å². The van der Waals surface area contributed by atoms with E-state index in [1.165, 1.54) is 23.5 Å². The van der Waals surface area contributed by atoms with E-state index in [1.807, 2.05) is 19.2 Å². The Morgan fingerprint density at radius 3 is 2.33 bits per heavy atom. The summed E-state index contributed by atoms with van der Waals surface area (Å²) in [6, 6.07) is 6.90. The number of amides is 1. The molecule has 3 aromatic heterocycles. The van der Waals surface area contributed by atoms with Crippen molar-refractivity contribution in [3.05, 3.63) is 69.8 Å². The van der Waals surface area contributed by atoms with Gasteiger partial charge in [0.05, 0.1) is 23.1 Å². The van der Waals surface area contributed by atoms with E-state index in [0.717, 1.165) is 28.4 Å². The van der Waals surface area contributed by atoms with Crippen LogP contribution >= 0.6 is 11.3 Å². The number of benzene rings is 1. The maximum atomic E-state index is 13.5. The van der Waals surface area contributed by atoms with E-state index in [-0.39, 0.29) is 23.4 Å². The molecule has 0 bridgehead atoms. The lowest BCUT2D eigenvalue weighted by Crippen LogP contribution is -2.57. The Morgan fingerprint density at radius 1 is 1.07 bits per heavy atom. The third-order valence-corrected chi connectivity index (χ3v) is 8.44. The van der Waals surface area contributed by atoms with Crippen molar-refractivity contribution in [1.29, 1.82) is 0 Å². The van der Waals surface area contributed by atoms with Gasteiger partial charge in [0.2, 0.25) is 0 Å². The number of hydrogen-bond acceptors (Lipinski definition) is 8. The van der Waals surface area contributed by atoms with Gasteiger partial charge in [-0.15, -0.1) is 16.4 Å². The number of halogens is 3. The standard InChI is InChI=1S/C29H34F3N7O2S/c1-17-12-37(27(40)25-19(3)42-26(33-25)20-7-9-21(10-8-20)29(30,31)32)13-18(2)39(17)15-22-14-38(36-34-22)16-23-11-24(35-41-23)28(4,5)6/h7-11,14,17-18H,12-13,15-16H2,1-6H3/t17-,18+. The summed E-state index contributed by atoms with van der Waals surface area (Å²) in [6.45, 7) is 14.2. The molecule has 5 rings (SSSR count). The van der Waals surface area contributed by atoms with Crippen LogP contribution in [0.2, 0.25) is 0 Å². The second kappa shape index (κ2) is 11.3. The molecule has 0 saturated carbocycles. The van der Waals surface area contributed by atoms with Crippen LogP contribution < -0.4 is 0 Å². The van der Waals surface area contributed by atoms with Crippen LogP contribution in [-0.4, -0.2) is 66.0 Å². The van der Waals surface area contributed by atoms with E-state index in [2.05, 4.69) is 60.0 Å². The van der Waals surface area contributed by atoms with Crippen molar-refractivity contribution in [3.63, 3.8) is 0 Å². The average Bonchev–Trinajstić information content (AvgIpc) is 3.66. The number of thiazole rings is 1. The van der Waals surface area contributed by atoms with Crippen LogP contribution in [0, 0.1) is 6.92 Å². The molecule has 2 atom stereocenters. The lowest BCUT2D eigenvalue weighted by atomic mass is 9.92. The second-order valence-electron chi connectivity index (χ2n) is 11.9. The molecule has 1 amide bonds. The normalized spacial score (nSPS) is 18.5. The molecule has 0 aliphatic carbocycles. The first-order chi connectivity index (χ1) is 19.7. The predicted molar refractivity (Wildman–Crippen MR) is 152 cm³/mol. The van der Waals surface area contributed by atoms with Crippen LogP contribution in [0.25, 0.3) is 10.6 Å². The minimum atomic E-state index is -4.40. The summed E-state index contributed by atoms with van der Waals surface area (Å²) in [7, 11) is 0. The van der Waals surface area contributed by atoms with Crippen molar-refractivity contribution >= 4 is 17.2 Å². The molecule has 9 nitrogen and oxygen atoms in total. The SMILES string of the molecule is Cc1sc(-c2ccc(C(F)(F)F)cc2)nc1C(=O)N1C[C@@H](C)N(Cc2cn(Cc3cc(C(C)(C)C)no3)nn2)[C@@H](C)C1. The monoisotopic (exact) mass is 601 g/mol. The zero-order chi connectivity index (χ0) is 30.4. The van der Waals surface area contributed by atoms with Gasteiger partial charge in [-0.25, -0.2) is 9.67 Å². The maximum absolute atomic E-state index is 13.5. The summed E-state index contributed by atoms with van der Waals surface area (Å²) < 4.78 is 46.1. The third-order valence-electron chi connectivity index (χ3n) is 7.42. The number of rotatable bonds is 6. The van der Waals surface area contributed by atoms with E-state index in [1.54, 1.807) is 9.58 Å². The molecule has 0 unspecified atom stereocenters. The van der Waals surface area contributed by atoms with E-state index >= 15 is 0 Å². The van der Waals surface area contributed by atoms with Gasteiger partial charge in [-0.1, -0.05) is 43.3 Å². The molecular weight excluding hydrogens is 567 g/mol. The van der Waals surface area contributed by atoms with Crippen molar-refractivity contribution in [2.24, 2.45) is 0 Å². The quantitative estimate of drug-likeness (QED) is 0.276. The largest absolute Gasteiger partial charge is 0.416 e. The molecule has 1 aliphatic heterocycles. The number of aromatic nitrogens is 5. The molecule has 0 spiro atoms. The topological polar surface area (TPSA) is 93.2 Å². The van der Waals surface area contributed by atoms with Gasteiger partial charge in [0, 0.05) is 53.6 Å². The minimum Gasteiger partial charge on any atom is -0.359 e. The van der Waals surface area contributed by atoms with E-state index in [0.29, 0.717) is 48.2 Å². The van der Waals surface area contributed by atoms with Gasteiger partial charge in [-0.05, 0) is 32.9 Å². The highest BCUT2D eigenvalue weighted by molar-refractivity contribution is 7.15. The van der Waals surface area contributed by atoms with Crippen LogP contribution in [0.15, 0.2) is 41.1 Å². The highest BCUT2D eigenvalue weighted by Crippen LogP contribution is 2.33. The van der Waals surface area contributed by atoms with Crippen molar-refractivity contribution in [2.45, 2.75) is 78.3 Å². The van der Waals surface area contributed by atoms with Gasteiger partial charge in [-0.2, -0.15) is 13.2 Å². The number of aryl methyl sites for hydroxylation is 1. The Bertz CT molecular complexity index is 1540. The average molecular weight is 602 g/mol. The number of carbonyl (C=O) groups is 1. The first kappa shape index (κ1) is 29.9. The smallest absolute Gasteiger partial charge is 0.359 e. The molecule has 42 heavy (non-hydrogen) atoms. The molecule has 224 valence electrons. The number of nitrogens with zero attached hydrogens (tertiary/aromatic N) is 7. The third kappa shape index (κ3) is 6.41. The van der Waals surface area contributed by atoms with Gasteiger partial charge >= 0.3 is 6.18 Å². The molecule has 4 heterocycles. The first-order valence-electron chi connectivity index (χ1n) is 13.7. The fourth-order valence-corrected chi connectivity index (χ4v) is 5.99. The Hall–Kier alpha value is -3.58. The summed E-state index contributed by atoms with van der Waals surface area (Å²) in [5, 5.41) is 13.3. The molecule has 4 aromatic rings. The number of alkyl halides is 3. The molecule has 0 N–H and O–H groups in total. The summed E-state index contributed by atoms with van der Waals surface area (Å²) in [6.07, 6.45) is -2.50. The zero-order valence-corrected chi connectivity index (χ0v) is 25.3. The van der Waals surface area contributed by atoms with Crippen molar-refractivity contribution < 1.29 is 22.5 Å². The van der Waals surface area contributed by atoms with Crippen LogP contribution in [0.1, 0.15) is 72.7 Å². The molecule has 13 heteroatoms.